The Morgan fingerprint density at radius 2 is 1.46 bits per heavy atom. The maximum atomic E-state index is 13.8. The van der Waals surface area contributed by atoms with Crippen LogP contribution in [0, 0.1) is 19.7 Å². The number of halogens is 1. The lowest BCUT2D eigenvalue weighted by Crippen LogP contribution is -2.01. The average molecular weight is 341 g/mol. The van der Waals surface area contributed by atoms with Crippen molar-refractivity contribution in [2.24, 2.45) is 0 Å². The van der Waals surface area contributed by atoms with Gasteiger partial charge in [0.05, 0.1) is 16.6 Å². The van der Waals surface area contributed by atoms with Gasteiger partial charge in [-0.25, -0.2) is 14.4 Å². The number of nitrogens with zero attached hydrogens (tertiary/aromatic N) is 3. The Labute approximate surface area is 149 Å². The SMILES string of the molecule is Cc1cc(F)cc(C)c1-c1nc2ccccc2c2nc3ccccc3n12. The summed E-state index contributed by atoms with van der Waals surface area (Å²) in [6.07, 6.45) is 0. The largest absolute Gasteiger partial charge is 0.276 e. The van der Waals surface area contributed by atoms with Crippen LogP contribution in [0.15, 0.2) is 60.7 Å². The predicted octanol–water partition coefficient (Wildman–Crippen LogP) is 5.46. The van der Waals surface area contributed by atoms with Crippen molar-refractivity contribution in [3.05, 3.63) is 77.6 Å². The quantitative estimate of drug-likeness (QED) is 0.405. The summed E-state index contributed by atoms with van der Waals surface area (Å²) >= 11 is 0. The minimum atomic E-state index is -0.226. The van der Waals surface area contributed by atoms with Crippen molar-refractivity contribution in [2.75, 3.05) is 0 Å². The molecule has 0 fully saturated rings. The average Bonchev–Trinajstić information content (AvgIpc) is 3.01. The topological polar surface area (TPSA) is 30.2 Å². The molecule has 26 heavy (non-hydrogen) atoms. The van der Waals surface area contributed by atoms with Crippen molar-refractivity contribution in [3.8, 4) is 11.4 Å². The second-order valence-electron chi connectivity index (χ2n) is 6.63. The smallest absolute Gasteiger partial charge is 0.149 e. The van der Waals surface area contributed by atoms with Gasteiger partial charge in [0.2, 0.25) is 0 Å². The van der Waals surface area contributed by atoms with Crippen LogP contribution in [0.25, 0.3) is 39.0 Å². The zero-order chi connectivity index (χ0) is 17.8. The number of fused-ring (bicyclic) bond motifs is 5. The lowest BCUT2D eigenvalue weighted by atomic mass is 10.0. The molecule has 0 unspecified atom stereocenters. The van der Waals surface area contributed by atoms with E-state index in [0.29, 0.717) is 0 Å². The zero-order valence-corrected chi connectivity index (χ0v) is 14.5. The summed E-state index contributed by atoms with van der Waals surface area (Å²) in [5.74, 6) is 0.568. The maximum Gasteiger partial charge on any atom is 0.149 e. The molecule has 0 saturated carbocycles. The summed E-state index contributed by atoms with van der Waals surface area (Å²) in [5.41, 5.74) is 6.35. The van der Waals surface area contributed by atoms with Crippen LogP contribution in [0.1, 0.15) is 11.1 Å². The fourth-order valence-electron chi connectivity index (χ4n) is 3.78. The van der Waals surface area contributed by atoms with Crippen molar-refractivity contribution >= 4 is 27.6 Å². The predicted molar refractivity (Wildman–Crippen MR) is 103 cm³/mol. The molecule has 0 radical (unpaired) electrons. The molecular weight excluding hydrogens is 325 g/mol. The summed E-state index contributed by atoms with van der Waals surface area (Å²) in [4.78, 5) is 9.80. The maximum absolute atomic E-state index is 13.8. The zero-order valence-electron chi connectivity index (χ0n) is 14.5. The molecule has 0 saturated heterocycles. The number of aromatic nitrogens is 3. The molecule has 0 N–H and O–H groups in total. The van der Waals surface area contributed by atoms with Gasteiger partial charge >= 0.3 is 0 Å². The number of rotatable bonds is 1. The van der Waals surface area contributed by atoms with Gasteiger partial charge in [-0.3, -0.25) is 4.40 Å². The molecule has 5 aromatic rings. The molecule has 0 bridgehead atoms. The number of hydrogen-bond donors (Lipinski definition) is 0. The molecule has 0 aliphatic carbocycles. The van der Waals surface area contributed by atoms with Gasteiger partial charge in [0.15, 0.2) is 0 Å². The standard InChI is InChI=1S/C22H16FN3/c1-13-11-15(23)12-14(2)20(13)22-24-17-8-4-3-7-16(17)21-25-18-9-5-6-10-19(18)26(21)22/h3-12H,1-2H3. The third-order valence-electron chi connectivity index (χ3n) is 4.86. The Kier molecular flexibility index (Phi) is 3.10. The minimum Gasteiger partial charge on any atom is -0.276 e. The van der Waals surface area contributed by atoms with Crippen LogP contribution in [0.2, 0.25) is 0 Å². The number of imidazole rings is 1. The normalized spacial score (nSPS) is 11.7. The minimum absolute atomic E-state index is 0.226. The van der Waals surface area contributed by atoms with Crippen LogP contribution in [-0.4, -0.2) is 14.4 Å². The van der Waals surface area contributed by atoms with E-state index < -0.39 is 0 Å². The van der Waals surface area contributed by atoms with E-state index in [4.69, 9.17) is 9.97 Å². The van der Waals surface area contributed by atoms with Gasteiger partial charge in [0, 0.05) is 10.9 Å². The number of benzene rings is 3. The van der Waals surface area contributed by atoms with Crippen LogP contribution in [0.4, 0.5) is 4.39 Å². The molecule has 0 atom stereocenters. The van der Waals surface area contributed by atoms with Crippen molar-refractivity contribution in [2.45, 2.75) is 13.8 Å². The molecule has 0 aliphatic heterocycles. The first-order valence-electron chi connectivity index (χ1n) is 8.56. The van der Waals surface area contributed by atoms with Gasteiger partial charge in [0.25, 0.3) is 0 Å². The van der Waals surface area contributed by atoms with Gasteiger partial charge in [-0.05, 0) is 61.4 Å². The highest BCUT2D eigenvalue weighted by molar-refractivity contribution is 5.98. The molecule has 2 aromatic heterocycles. The van der Waals surface area contributed by atoms with Gasteiger partial charge in [0.1, 0.15) is 17.3 Å². The first kappa shape index (κ1) is 15.0. The van der Waals surface area contributed by atoms with Crippen LogP contribution < -0.4 is 0 Å². The summed E-state index contributed by atoms with van der Waals surface area (Å²) in [6.45, 7) is 3.85. The Balaban J connectivity index is 2.05. The Morgan fingerprint density at radius 1 is 0.808 bits per heavy atom. The van der Waals surface area contributed by atoms with E-state index in [1.807, 2.05) is 62.4 Å². The summed E-state index contributed by atoms with van der Waals surface area (Å²) in [7, 11) is 0. The summed E-state index contributed by atoms with van der Waals surface area (Å²) in [6, 6.07) is 19.2. The molecular formula is C22H16FN3. The Morgan fingerprint density at radius 3 is 2.23 bits per heavy atom. The first-order valence-corrected chi connectivity index (χ1v) is 8.56. The molecule has 5 rings (SSSR count). The van der Waals surface area contributed by atoms with E-state index in [9.17, 15) is 4.39 Å². The van der Waals surface area contributed by atoms with Crippen molar-refractivity contribution in [3.63, 3.8) is 0 Å². The van der Waals surface area contributed by atoms with Gasteiger partial charge in [-0.15, -0.1) is 0 Å². The molecule has 126 valence electrons. The molecule has 3 nitrogen and oxygen atoms in total. The van der Waals surface area contributed by atoms with E-state index in [-0.39, 0.29) is 5.82 Å². The molecule has 3 aromatic carbocycles. The Hall–Kier alpha value is -3.27. The van der Waals surface area contributed by atoms with E-state index in [1.165, 1.54) is 0 Å². The van der Waals surface area contributed by atoms with Crippen LogP contribution in [-0.2, 0) is 0 Å². The van der Waals surface area contributed by atoms with Crippen molar-refractivity contribution < 1.29 is 4.39 Å². The first-order chi connectivity index (χ1) is 12.6. The summed E-state index contributed by atoms with van der Waals surface area (Å²) in [5, 5.41) is 1.00. The number of para-hydroxylation sites is 3. The van der Waals surface area contributed by atoms with Crippen LogP contribution in [0.3, 0.4) is 0 Å². The number of aryl methyl sites for hydroxylation is 2. The van der Waals surface area contributed by atoms with Gasteiger partial charge in [-0.2, -0.15) is 0 Å². The fourth-order valence-corrected chi connectivity index (χ4v) is 3.78. The van der Waals surface area contributed by atoms with E-state index in [2.05, 4.69) is 4.40 Å². The van der Waals surface area contributed by atoms with Crippen LogP contribution in [0.5, 0.6) is 0 Å². The molecule has 0 aliphatic rings. The fraction of sp³-hybridized carbons (Fsp3) is 0.0909. The van der Waals surface area contributed by atoms with E-state index in [1.54, 1.807) is 12.1 Å². The lowest BCUT2D eigenvalue weighted by molar-refractivity contribution is 0.625. The van der Waals surface area contributed by atoms with Crippen molar-refractivity contribution in [1.29, 1.82) is 0 Å². The molecule has 2 heterocycles. The van der Waals surface area contributed by atoms with E-state index in [0.717, 1.165) is 50.1 Å². The Bertz CT molecular complexity index is 1290. The van der Waals surface area contributed by atoms with Crippen molar-refractivity contribution in [1.82, 2.24) is 14.4 Å². The molecule has 0 spiro atoms. The number of hydrogen-bond acceptors (Lipinski definition) is 2. The second kappa shape index (κ2) is 5.36. The summed E-state index contributed by atoms with van der Waals surface area (Å²) < 4.78 is 15.9. The van der Waals surface area contributed by atoms with E-state index >= 15 is 0 Å². The van der Waals surface area contributed by atoms with Gasteiger partial charge < -0.3 is 0 Å². The third kappa shape index (κ3) is 2.05. The second-order valence-corrected chi connectivity index (χ2v) is 6.63. The highest BCUT2D eigenvalue weighted by atomic mass is 19.1. The highest BCUT2D eigenvalue weighted by Crippen LogP contribution is 2.32. The molecule has 4 heteroatoms. The molecule has 0 amide bonds. The van der Waals surface area contributed by atoms with Crippen LogP contribution >= 0.6 is 0 Å². The lowest BCUT2D eigenvalue weighted by Gasteiger charge is -2.14. The monoisotopic (exact) mass is 341 g/mol. The van der Waals surface area contributed by atoms with Gasteiger partial charge in [-0.1, -0.05) is 24.3 Å². The highest BCUT2D eigenvalue weighted by Gasteiger charge is 2.18. The third-order valence-corrected chi connectivity index (χ3v) is 4.86.